The Morgan fingerprint density at radius 2 is 1.76 bits per heavy atom. The monoisotopic (exact) mass is 430 g/mol. The zero-order valence-corrected chi connectivity index (χ0v) is 17.4. The predicted molar refractivity (Wildman–Crippen MR) is 127 cm³/mol. The van der Waals surface area contributed by atoms with E-state index in [4.69, 9.17) is 10.2 Å². The maximum Gasteiger partial charge on any atom is 0.229 e. The lowest BCUT2D eigenvalue weighted by Crippen LogP contribution is -2.02. The van der Waals surface area contributed by atoms with Crippen LogP contribution in [0.1, 0.15) is 11.3 Å². The van der Waals surface area contributed by atoms with Gasteiger partial charge in [0.25, 0.3) is 0 Å². The number of aromatic nitrogens is 4. The molecule has 0 aliphatic rings. The normalized spacial score (nSPS) is 10.3. The summed E-state index contributed by atoms with van der Waals surface area (Å²) in [5.74, 6) is 7.77. The fourth-order valence-corrected chi connectivity index (χ4v) is 3.17. The van der Waals surface area contributed by atoms with Crippen molar-refractivity contribution < 1.29 is 4.42 Å². The van der Waals surface area contributed by atoms with Crippen LogP contribution in [-0.4, -0.2) is 19.9 Å². The van der Waals surface area contributed by atoms with Gasteiger partial charge in [-0.05, 0) is 66.6 Å². The molecule has 0 spiro atoms. The lowest BCUT2D eigenvalue weighted by Gasteiger charge is -2.08. The van der Waals surface area contributed by atoms with Crippen LogP contribution in [0.3, 0.4) is 0 Å². The molecule has 0 saturated heterocycles. The molecule has 0 atom stereocenters. The first-order chi connectivity index (χ1) is 16.2. The minimum absolute atomic E-state index is 0.359. The molecule has 0 fully saturated rings. The Balaban J connectivity index is 1.28. The molecule has 4 aromatic heterocycles. The van der Waals surface area contributed by atoms with Gasteiger partial charge in [0, 0.05) is 35.4 Å². The van der Waals surface area contributed by atoms with Crippen molar-refractivity contribution in [1.29, 1.82) is 0 Å². The molecule has 5 aromatic rings. The molecule has 7 heteroatoms. The molecule has 0 amide bonds. The van der Waals surface area contributed by atoms with E-state index in [1.54, 1.807) is 24.9 Å². The first-order valence-electron chi connectivity index (χ1n) is 10.2. The van der Waals surface area contributed by atoms with Gasteiger partial charge in [-0.2, -0.15) is 4.98 Å². The van der Waals surface area contributed by atoms with Crippen molar-refractivity contribution in [2.24, 2.45) is 0 Å². The largest absolute Gasteiger partial charge is 0.464 e. The zero-order chi connectivity index (χ0) is 22.5. The van der Waals surface area contributed by atoms with E-state index >= 15 is 0 Å². The number of nitrogens with one attached hydrogen (secondary N) is 1. The SMILES string of the molecule is Nc1nc(Nc2ccc(C#Cc3cc(-c4ccco4)ccn3)cc2)ncc1-c1ccccn1. The molecule has 158 valence electrons. The number of rotatable bonds is 4. The second kappa shape index (κ2) is 9.04. The summed E-state index contributed by atoms with van der Waals surface area (Å²) in [5.41, 5.74) is 10.8. The standard InChI is InChI=1S/C26H18N6O/c27-25-22(23-4-1-2-13-29-23)17-30-26(32-25)31-20-9-6-18(7-10-20)8-11-21-16-19(12-14-28-21)24-5-3-15-33-24/h1-7,9-10,12-17H,(H3,27,30,31,32). The molecule has 0 unspecified atom stereocenters. The molecule has 7 nitrogen and oxygen atoms in total. The second-order valence-electron chi connectivity index (χ2n) is 7.07. The van der Waals surface area contributed by atoms with Gasteiger partial charge in [0.1, 0.15) is 17.3 Å². The van der Waals surface area contributed by atoms with E-state index in [9.17, 15) is 0 Å². The highest BCUT2D eigenvalue weighted by Crippen LogP contribution is 2.23. The smallest absolute Gasteiger partial charge is 0.229 e. The lowest BCUT2D eigenvalue weighted by molar-refractivity contribution is 0.582. The average Bonchev–Trinajstić information content (AvgIpc) is 3.40. The Morgan fingerprint density at radius 1 is 0.848 bits per heavy atom. The highest BCUT2D eigenvalue weighted by atomic mass is 16.3. The number of nitrogens with zero attached hydrogens (tertiary/aromatic N) is 4. The lowest BCUT2D eigenvalue weighted by atomic mass is 10.1. The van der Waals surface area contributed by atoms with Gasteiger partial charge in [0.15, 0.2) is 0 Å². The van der Waals surface area contributed by atoms with Crippen molar-refractivity contribution in [1.82, 2.24) is 19.9 Å². The molecule has 4 heterocycles. The summed E-state index contributed by atoms with van der Waals surface area (Å²) in [4.78, 5) is 17.3. The molecule has 33 heavy (non-hydrogen) atoms. The van der Waals surface area contributed by atoms with Crippen molar-refractivity contribution in [3.05, 3.63) is 103 Å². The van der Waals surface area contributed by atoms with Gasteiger partial charge >= 0.3 is 0 Å². The van der Waals surface area contributed by atoms with E-state index in [0.29, 0.717) is 23.0 Å². The number of nitrogen functional groups attached to an aromatic ring is 1. The van der Waals surface area contributed by atoms with E-state index in [1.807, 2.05) is 66.7 Å². The predicted octanol–water partition coefficient (Wildman–Crippen LogP) is 4.92. The Morgan fingerprint density at radius 3 is 2.52 bits per heavy atom. The number of benzene rings is 1. The zero-order valence-electron chi connectivity index (χ0n) is 17.4. The highest BCUT2D eigenvalue weighted by molar-refractivity contribution is 5.71. The Labute approximate surface area is 190 Å². The molecule has 0 radical (unpaired) electrons. The molecule has 0 saturated carbocycles. The van der Waals surface area contributed by atoms with Crippen LogP contribution in [0.5, 0.6) is 0 Å². The molecule has 5 rings (SSSR count). The van der Waals surface area contributed by atoms with Crippen molar-refractivity contribution >= 4 is 17.5 Å². The van der Waals surface area contributed by atoms with Crippen LogP contribution in [0.25, 0.3) is 22.6 Å². The van der Waals surface area contributed by atoms with E-state index in [0.717, 1.165) is 28.3 Å². The maximum atomic E-state index is 6.11. The molecule has 0 aliphatic heterocycles. The Kier molecular flexibility index (Phi) is 5.47. The summed E-state index contributed by atoms with van der Waals surface area (Å²) < 4.78 is 5.43. The summed E-state index contributed by atoms with van der Waals surface area (Å²) >= 11 is 0. The Bertz CT molecular complexity index is 1440. The minimum Gasteiger partial charge on any atom is -0.464 e. The van der Waals surface area contributed by atoms with Crippen LogP contribution in [0.4, 0.5) is 17.5 Å². The summed E-state index contributed by atoms with van der Waals surface area (Å²) in [6.45, 7) is 0. The molecule has 3 N–H and O–H groups in total. The Hall–Kier alpha value is -4.96. The summed E-state index contributed by atoms with van der Waals surface area (Å²) in [6, 6.07) is 20.8. The average molecular weight is 430 g/mol. The van der Waals surface area contributed by atoms with Crippen LogP contribution < -0.4 is 11.1 Å². The third-order valence-electron chi connectivity index (χ3n) is 4.80. The van der Waals surface area contributed by atoms with Crippen LogP contribution in [0.15, 0.2) is 96.0 Å². The van der Waals surface area contributed by atoms with Crippen LogP contribution >= 0.6 is 0 Å². The fourth-order valence-electron chi connectivity index (χ4n) is 3.17. The van der Waals surface area contributed by atoms with Gasteiger partial charge in [-0.1, -0.05) is 12.0 Å². The fraction of sp³-hybridized carbons (Fsp3) is 0. The quantitative estimate of drug-likeness (QED) is 0.390. The van der Waals surface area contributed by atoms with Crippen molar-refractivity contribution in [3.63, 3.8) is 0 Å². The maximum absolute atomic E-state index is 6.11. The van der Waals surface area contributed by atoms with Gasteiger partial charge in [-0.15, -0.1) is 0 Å². The van der Waals surface area contributed by atoms with Gasteiger partial charge in [0.05, 0.1) is 17.5 Å². The molecule has 1 aromatic carbocycles. The topological polar surface area (TPSA) is 103 Å². The van der Waals surface area contributed by atoms with E-state index < -0.39 is 0 Å². The number of furan rings is 1. The van der Waals surface area contributed by atoms with Crippen LogP contribution in [0, 0.1) is 11.8 Å². The van der Waals surface area contributed by atoms with Crippen LogP contribution in [-0.2, 0) is 0 Å². The summed E-state index contributed by atoms with van der Waals surface area (Å²) in [6.07, 6.45) is 6.73. The van der Waals surface area contributed by atoms with Crippen LogP contribution in [0.2, 0.25) is 0 Å². The first-order valence-corrected chi connectivity index (χ1v) is 10.2. The third kappa shape index (κ3) is 4.70. The van der Waals surface area contributed by atoms with Gasteiger partial charge in [-0.3, -0.25) is 4.98 Å². The molecule has 0 aliphatic carbocycles. The van der Waals surface area contributed by atoms with E-state index in [1.165, 1.54) is 0 Å². The summed E-state index contributed by atoms with van der Waals surface area (Å²) in [5, 5.41) is 3.15. The molecule has 0 bridgehead atoms. The van der Waals surface area contributed by atoms with Gasteiger partial charge in [-0.25, -0.2) is 9.97 Å². The van der Waals surface area contributed by atoms with E-state index in [2.05, 4.69) is 37.1 Å². The second-order valence-corrected chi connectivity index (χ2v) is 7.07. The molecular formula is C26H18N6O. The number of hydrogen-bond acceptors (Lipinski definition) is 7. The summed E-state index contributed by atoms with van der Waals surface area (Å²) in [7, 11) is 0. The number of anilines is 3. The van der Waals surface area contributed by atoms with Gasteiger partial charge < -0.3 is 15.5 Å². The van der Waals surface area contributed by atoms with E-state index in [-0.39, 0.29) is 0 Å². The van der Waals surface area contributed by atoms with Crippen molar-refractivity contribution in [2.75, 3.05) is 11.1 Å². The van der Waals surface area contributed by atoms with Crippen molar-refractivity contribution in [2.45, 2.75) is 0 Å². The number of nitrogens with two attached hydrogens (primary N) is 1. The number of pyridine rings is 2. The highest BCUT2D eigenvalue weighted by Gasteiger charge is 2.08. The van der Waals surface area contributed by atoms with Gasteiger partial charge in [0.2, 0.25) is 5.95 Å². The molecular weight excluding hydrogens is 412 g/mol. The first kappa shape index (κ1) is 20.0. The third-order valence-corrected chi connectivity index (χ3v) is 4.80. The number of hydrogen-bond donors (Lipinski definition) is 2. The van der Waals surface area contributed by atoms with Crippen molar-refractivity contribution in [3.8, 4) is 34.4 Å². The minimum atomic E-state index is 0.359.